The average molecular weight is 921 g/mol. The zero-order chi connectivity index (χ0) is 47.8. The molecule has 2 atom stereocenters. The van der Waals surface area contributed by atoms with Gasteiger partial charge in [-0.3, -0.25) is 0 Å². The van der Waals surface area contributed by atoms with Crippen molar-refractivity contribution in [3.63, 3.8) is 0 Å². The van der Waals surface area contributed by atoms with Gasteiger partial charge in [0, 0.05) is 54.2 Å². The Balaban J connectivity index is 1.12. The van der Waals surface area contributed by atoms with Gasteiger partial charge in [-0.1, -0.05) is 159 Å². The van der Waals surface area contributed by atoms with Crippen molar-refractivity contribution in [2.45, 2.75) is 142 Å². The zero-order valence-corrected chi connectivity index (χ0v) is 43.6. The van der Waals surface area contributed by atoms with Gasteiger partial charge in [-0.05, 0) is 177 Å². The van der Waals surface area contributed by atoms with Crippen LogP contribution in [0.2, 0.25) is 0 Å². The van der Waals surface area contributed by atoms with E-state index in [1.807, 2.05) is 11.3 Å². The lowest BCUT2D eigenvalue weighted by Crippen LogP contribution is -2.41. The molecule has 1 fully saturated rings. The highest BCUT2D eigenvalue weighted by atomic mass is 32.1. The molecule has 0 bridgehead atoms. The largest absolute Gasteiger partial charge is 0.355 e. The van der Waals surface area contributed by atoms with E-state index >= 15 is 0 Å². The summed E-state index contributed by atoms with van der Waals surface area (Å²) in [4.78, 5) is 2.71. The number of anilines is 5. The van der Waals surface area contributed by atoms with E-state index in [0.29, 0.717) is 5.92 Å². The molecule has 3 aliphatic carbocycles. The zero-order valence-electron chi connectivity index (χ0n) is 42.8. The summed E-state index contributed by atoms with van der Waals surface area (Å²) in [5, 5.41) is 6.83. The minimum atomic E-state index is 0.0855. The van der Waals surface area contributed by atoms with Crippen molar-refractivity contribution in [2.75, 3.05) is 10.2 Å². The average Bonchev–Trinajstić information content (AvgIpc) is 4.01. The van der Waals surface area contributed by atoms with Crippen LogP contribution in [-0.2, 0) is 21.7 Å². The molecule has 1 N–H and O–H groups in total. The third-order valence-electron chi connectivity index (χ3n) is 17.6. The van der Waals surface area contributed by atoms with Crippen LogP contribution in [0.5, 0.6) is 0 Å². The number of hydrogen-bond acceptors (Lipinski definition) is 3. The molecule has 1 aromatic heterocycles. The maximum atomic E-state index is 4.18. The molecular weight excluding hydrogens is 852 g/mol. The van der Waals surface area contributed by atoms with Gasteiger partial charge in [-0.25, -0.2) is 0 Å². The molecule has 69 heavy (non-hydrogen) atoms. The lowest BCUT2D eigenvalue weighted by Gasteiger charge is -2.44. The third kappa shape index (κ3) is 7.49. The summed E-state index contributed by atoms with van der Waals surface area (Å²) in [7, 11) is 0.856. The summed E-state index contributed by atoms with van der Waals surface area (Å²) in [5.74, 6) is 1.30. The molecule has 4 aliphatic rings. The molecule has 0 amide bonds. The minimum Gasteiger partial charge on any atom is -0.355 e. The second kappa shape index (κ2) is 16.0. The number of benzene rings is 7. The number of nitrogens with zero attached hydrogens (tertiary/aromatic N) is 1. The number of fused-ring (bicyclic) bond motifs is 7. The molecule has 0 saturated heterocycles. The Morgan fingerprint density at radius 3 is 2.00 bits per heavy atom. The molecule has 0 radical (unpaired) electrons. The molecule has 1 saturated carbocycles. The van der Waals surface area contributed by atoms with E-state index < -0.39 is 0 Å². The molecule has 2 heterocycles. The van der Waals surface area contributed by atoms with Crippen LogP contribution in [0.25, 0.3) is 42.4 Å². The van der Waals surface area contributed by atoms with Crippen LogP contribution in [-0.4, -0.2) is 7.28 Å². The highest BCUT2D eigenvalue weighted by molar-refractivity contribution is 7.25. The summed E-state index contributed by atoms with van der Waals surface area (Å²) in [5.41, 5.74) is 23.6. The lowest BCUT2D eigenvalue weighted by atomic mass is 9.57. The number of nitrogens with one attached hydrogen (secondary N) is 1. The molecule has 2 nitrogen and oxygen atoms in total. The van der Waals surface area contributed by atoms with E-state index in [4.69, 9.17) is 0 Å². The third-order valence-corrected chi connectivity index (χ3v) is 18.8. The van der Waals surface area contributed by atoms with Gasteiger partial charge in [0.2, 0.25) is 0 Å². The predicted octanol–water partition coefficient (Wildman–Crippen LogP) is 17.2. The summed E-state index contributed by atoms with van der Waals surface area (Å²) >= 11 is 1.93. The molecule has 1 aliphatic heterocycles. The van der Waals surface area contributed by atoms with Gasteiger partial charge < -0.3 is 10.2 Å². The molecule has 12 rings (SSSR count). The smallest absolute Gasteiger partial charge is 0.198 e. The Morgan fingerprint density at radius 1 is 0.580 bits per heavy atom. The van der Waals surface area contributed by atoms with Gasteiger partial charge in [-0.2, -0.15) is 0 Å². The molecular formula is C65H69BN2S. The standard InChI is InChI=1S/C65H69BN2S/c1-11-17-42-31-46(42)43-32-49(47-37-60-48(45-20-15-16-21-59(45)69-60)36-55(47)67-44-23-24-50-52(35-44)64(7,8)27-26-62(50,3)4)61-58(34-43)68(56-25-22-41(33-54(56)66-61)40-18-13-12-14-19-40)57-38-53-51(30-39(57)2)63(5,6)28-29-65(53,9)10/h12-16,18-25,30,32-38,42,46,66-67H,11,17,26-29,31H2,1-10H3. The lowest BCUT2D eigenvalue weighted by molar-refractivity contribution is 0.332. The molecule has 4 heteroatoms. The first-order valence-electron chi connectivity index (χ1n) is 26.2. The first kappa shape index (κ1) is 44.6. The van der Waals surface area contributed by atoms with E-state index in [1.165, 1.54) is 160 Å². The highest BCUT2D eigenvalue weighted by Crippen LogP contribution is 2.55. The van der Waals surface area contributed by atoms with Gasteiger partial charge in [-0.15, -0.1) is 11.3 Å². The van der Waals surface area contributed by atoms with Gasteiger partial charge in [0.1, 0.15) is 0 Å². The van der Waals surface area contributed by atoms with Gasteiger partial charge in [0.15, 0.2) is 7.28 Å². The van der Waals surface area contributed by atoms with Crippen molar-refractivity contribution in [1.82, 2.24) is 0 Å². The van der Waals surface area contributed by atoms with Crippen LogP contribution in [0.3, 0.4) is 0 Å². The van der Waals surface area contributed by atoms with Gasteiger partial charge >= 0.3 is 0 Å². The van der Waals surface area contributed by atoms with Crippen molar-refractivity contribution in [3.8, 4) is 22.3 Å². The van der Waals surface area contributed by atoms with Crippen molar-refractivity contribution >= 4 is 78.2 Å². The first-order valence-corrected chi connectivity index (χ1v) is 27.0. The van der Waals surface area contributed by atoms with Gasteiger partial charge in [0.25, 0.3) is 0 Å². The van der Waals surface area contributed by atoms with E-state index in [-0.39, 0.29) is 21.7 Å². The summed E-state index contributed by atoms with van der Waals surface area (Å²) < 4.78 is 2.68. The number of rotatable bonds is 8. The Hall–Kier alpha value is -5.58. The van der Waals surface area contributed by atoms with Crippen LogP contribution in [0, 0.1) is 12.8 Å². The summed E-state index contributed by atoms with van der Waals surface area (Å²) in [6.45, 7) is 24.4. The van der Waals surface area contributed by atoms with Crippen LogP contribution >= 0.6 is 11.3 Å². The molecule has 7 aromatic carbocycles. The topological polar surface area (TPSA) is 15.3 Å². The monoisotopic (exact) mass is 921 g/mol. The van der Waals surface area contributed by atoms with E-state index in [0.717, 1.165) is 13.2 Å². The molecule has 348 valence electrons. The number of aryl methyl sites for hydroxylation is 1. The van der Waals surface area contributed by atoms with Crippen molar-refractivity contribution in [3.05, 3.63) is 161 Å². The fraction of sp³-hybridized carbons (Fsp3) is 0.354. The van der Waals surface area contributed by atoms with E-state index in [2.05, 4.69) is 207 Å². The quantitative estimate of drug-likeness (QED) is 0.153. The number of hydrogen-bond donors (Lipinski definition) is 1. The second-order valence-corrected chi connectivity index (χ2v) is 25.4. The van der Waals surface area contributed by atoms with Crippen LogP contribution in [0.4, 0.5) is 28.4 Å². The Kier molecular flexibility index (Phi) is 10.3. The van der Waals surface area contributed by atoms with Crippen molar-refractivity contribution in [2.24, 2.45) is 5.92 Å². The minimum absolute atomic E-state index is 0.0855. The molecule has 0 spiro atoms. The molecule has 8 aromatic rings. The highest BCUT2D eigenvalue weighted by Gasteiger charge is 2.42. The summed E-state index contributed by atoms with van der Waals surface area (Å²) in [6.07, 6.45) is 8.58. The van der Waals surface area contributed by atoms with Crippen LogP contribution < -0.4 is 21.1 Å². The predicted molar refractivity (Wildman–Crippen MR) is 302 cm³/mol. The fourth-order valence-electron chi connectivity index (χ4n) is 13.1. The van der Waals surface area contributed by atoms with Crippen LogP contribution in [0.1, 0.15) is 147 Å². The molecule has 2 unspecified atom stereocenters. The van der Waals surface area contributed by atoms with Crippen molar-refractivity contribution in [1.29, 1.82) is 0 Å². The SMILES string of the molecule is CCCC1CC1c1cc(-c2cc3sc4ccccc4c3cc2Nc2ccc3c(c2)C(C)(C)CCC3(C)C)c2c(c1)N(c1cc3c(cc1C)C(C)(C)CCC3(C)C)c1ccc(-c3ccccc3)cc1B2. The Bertz CT molecular complexity index is 3370. The summed E-state index contributed by atoms with van der Waals surface area (Å²) in [6, 6.07) is 50.1. The second-order valence-electron chi connectivity index (χ2n) is 24.3. The normalized spacial score (nSPS) is 20.1. The van der Waals surface area contributed by atoms with Crippen LogP contribution in [0.15, 0.2) is 127 Å². The Labute approximate surface area is 416 Å². The fourth-order valence-corrected chi connectivity index (χ4v) is 14.2. The van der Waals surface area contributed by atoms with Gasteiger partial charge in [0.05, 0.1) is 0 Å². The van der Waals surface area contributed by atoms with Crippen molar-refractivity contribution < 1.29 is 0 Å². The number of thiophene rings is 1. The van der Waals surface area contributed by atoms with E-state index in [1.54, 1.807) is 0 Å². The van der Waals surface area contributed by atoms with E-state index in [9.17, 15) is 0 Å². The first-order chi connectivity index (χ1) is 33.0. The maximum absolute atomic E-state index is 4.18. The maximum Gasteiger partial charge on any atom is 0.198 e. The Morgan fingerprint density at radius 2 is 1.26 bits per heavy atom.